The van der Waals surface area contributed by atoms with E-state index in [9.17, 15) is 0 Å². The van der Waals surface area contributed by atoms with Gasteiger partial charge in [-0.3, -0.25) is 0 Å². The smallest absolute Gasteiger partial charge is 0.203 e. The van der Waals surface area contributed by atoms with Crippen molar-refractivity contribution in [2.75, 3.05) is 41.5 Å². The molecule has 0 saturated carbocycles. The minimum Gasteiger partial charge on any atom is -0.496 e. The summed E-state index contributed by atoms with van der Waals surface area (Å²) in [5, 5.41) is 6.66. The summed E-state index contributed by atoms with van der Waals surface area (Å²) in [6.45, 7) is 6.07. The second-order valence-corrected chi connectivity index (χ2v) is 6.68. The monoisotopic (exact) mass is 415 g/mol. The summed E-state index contributed by atoms with van der Waals surface area (Å²) in [6, 6.07) is 10.0. The van der Waals surface area contributed by atoms with Gasteiger partial charge in [-0.2, -0.15) is 0 Å². The summed E-state index contributed by atoms with van der Waals surface area (Å²) in [5.74, 6) is 3.53. The lowest BCUT2D eigenvalue weighted by molar-refractivity contribution is 0.322. The lowest BCUT2D eigenvalue weighted by atomic mass is 10.1. The highest BCUT2D eigenvalue weighted by Gasteiger charge is 2.15. The third-order valence-corrected chi connectivity index (χ3v) is 4.67. The van der Waals surface area contributed by atoms with E-state index in [1.165, 1.54) is 0 Å². The standard InChI is InChI=1S/C23H33N3O4/c1-7-24-23(26-15-18-9-8-16(2)14-20(18)28-4)25-13-12-17-10-11-19(27-3)22(30-6)21(17)29-5/h8-11,14H,7,12-13,15H2,1-6H3,(H2,24,25,26). The normalized spacial score (nSPS) is 11.1. The highest BCUT2D eigenvalue weighted by Crippen LogP contribution is 2.39. The van der Waals surface area contributed by atoms with Crippen molar-refractivity contribution in [3.63, 3.8) is 0 Å². The van der Waals surface area contributed by atoms with Crippen LogP contribution in [0.15, 0.2) is 35.3 Å². The molecule has 0 aliphatic carbocycles. The van der Waals surface area contributed by atoms with Crippen molar-refractivity contribution in [1.82, 2.24) is 10.6 Å². The Morgan fingerprint density at radius 1 is 0.833 bits per heavy atom. The van der Waals surface area contributed by atoms with Crippen LogP contribution in [-0.2, 0) is 13.0 Å². The number of nitrogens with zero attached hydrogens (tertiary/aromatic N) is 1. The fraction of sp³-hybridized carbons (Fsp3) is 0.435. The van der Waals surface area contributed by atoms with Crippen LogP contribution in [0.4, 0.5) is 0 Å². The zero-order chi connectivity index (χ0) is 21.9. The van der Waals surface area contributed by atoms with Crippen LogP contribution >= 0.6 is 0 Å². The molecule has 7 nitrogen and oxygen atoms in total. The minimum absolute atomic E-state index is 0.526. The first-order valence-electron chi connectivity index (χ1n) is 10.0. The van der Waals surface area contributed by atoms with E-state index in [1.54, 1.807) is 28.4 Å². The second kappa shape index (κ2) is 11.8. The van der Waals surface area contributed by atoms with Crippen LogP contribution in [0.2, 0.25) is 0 Å². The van der Waals surface area contributed by atoms with Crippen LogP contribution in [0, 0.1) is 6.92 Å². The Morgan fingerprint density at radius 2 is 1.53 bits per heavy atom. The Labute approximate surface area is 179 Å². The maximum Gasteiger partial charge on any atom is 0.203 e. The number of benzene rings is 2. The second-order valence-electron chi connectivity index (χ2n) is 6.68. The number of aliphatic imine (C=N–C) groups is 1. The predicted octanol–water partition coefficient (Wildman–Crippen LogP) is 3.33. The van der Waals surface area contributed by atoms with Crippen molar-refractivity contribution in [3.05, 3.63) is 47.0 Å². The maximum absolute atomic E-state index is 5.56. The quantitative estimate of drug-likeness (QED) is 0.458. The molecule has 164 valence electrons. The third-order valence-electron chi connectivity index (χ3n) is 4.67. The molecule has 30 heavy (non-hydrogen) atoms. The van der Waals surface area contributed by atoms with E-state index in [2.05, 4.69) is 22.8 Å². The minimum atomic E-state index is 0.526. The summed E-state index contributed by atoms with van der Waals surface area (Å²) in [7, 11) is 6.54. The molecule has 2 rings (SSSR count). The molecule has 0 amide bonds. The number of hydrogen-bond acceptors (Lipinski definition) is 5. The summed E-state index contributed by atoms with van der Waals surface area (Å²) in [5.41, 5.74) is 3.23. The van der Waals surface area contributed by atoms with Crippen molar-refractivity contribution in [2.45, 2.75) is 26.8 Å². The molecule has 0 unspecified atom stereocenters. The van der Waals surface area contributed by atoms with Gasteiger partial charge in [-0.05, 0) is 38.0 Å². The fourth-order valence-electron chi connectivity index (χ4n) is 3.16. The van der Waals surface area contributed by atoms with Gasteiger partial charge in [0.2, 0.25) is 5.75 Å². The predicted molar refractivity (Wildman–Crippen MR) is 120 cm³/mol. The van der Waals surface area contributed by atoms with Crippen LogP contribution < -0.4 is 29.6 Å². The lowest BCUT2D eigenvalue weighted by Crippen LogP contribution is -2.38. The van der Waals surface area contributed by atoms with Crippen molar-refractivity contribution in [3.8, 4) is 23.0 Å². The molecule has 2 aromatic rings. The van der Waals surface area contributed by atoms with Crippen LogP contribution in [-0.4, -0.2) is 47.5 Å². The zero-order valence-corrected chi connectivity index (χ0v) is 18.8. The highest BCUT2D eigenvalue weighted by atomic mass is 16.5. The van der Waals surface area contributed by atoms with Gasteiger partial charge in [0.05, 0.1) is 35.0 Å². The zero-order valence-electron chi connectivity index (χ0n) is 18.8. The largest absolute Gasteiger partial charge is 0.496 e. The van der Waals surface area contributed by atoms with Crippen LogP contribution in [0.1, 0.15) is 23.6 Å². The molecule has 0 saturated heterocycles. The number of hydrogen-bond donors (Lipinski definition) is 2. The van der Waals surface area contributed by atoms with Gasteiger partial charge in [0.25, 0.3) is 0 Å². The third kappa shape index (κ3) is 5.95. The Bertz CT molecular complexity index is 853. The van der Waals surface area contributed by atoms with Crippen molar-refractivity contribution < 1.29 is 18.9 Å². The summed E-state index contributed by atoms with van der Waals surface area (Å²) in [6.07, 6.45) is 0.738. The summed E-state index contributed by atoms with van der Waals surface area (Å²) < 4.78 is 21.9. The van der Waals surface area contributed by atoms with Gasteiger partial charge in [0.1, 0.15) is 5.75 Å². The van der Waals surface area contributed by atoms with Gasteiger partial charge in [-0.25, -0.2) is 4.99 Å². The molecule has 0 aromatic heterocycles. The molecular formula is C23H33N3O4. The van der Waals surface area contributed by atoms with Gasteiger partial charge in [-0.15, -0.1) is 0 Å². The Kier molecular flexibility index (Phi) is 9.12. The summed E-state index contributed by atoms with van der Waals surface area (Å²) in [4.78, 5) is 4.70. The molecule has 0 spiro atoms. The van der Waals surface area contributed by atoms with E-state index in [1.807, 2.05) is 32.0 Å². The van der Waals surface area contributed by atoms with Crippen molar-refractivity contribution in [2.24, 2.45) is 4.99 Å². The van der Waals surface area contributed by atoms with Crippen LogP contribution in [0.3, 0.4) is 0 Å². The Balaban J connectivity index is 2.07. The molecule has 7 heteroatoms. The number of rotatable bonds is 10. The van der Waals surface area contributed by atoms with E-state index in [-0.39, 0.29) is 0 Å². The van der Waals surface area contributed by atoms with Gasteiger partial charge in [-0.1, -0.05) is 18.2 Å². The van der Waals surface area contributed by atoms with Gasteiger partial charge in [0.15, 0.2) is 17.5 Å². The van der Waals surface area contributed by atoms with E-state index < -0.39 is 0 Å². The van der Waals surface area contributed by atoms with Gasteiger partial charge >= 0.3 is 0 Å². The number of nitrogens with one attached hydrogen (secondary N) is 2. The first-order valence-corrected chi connectivity index (χ1v) is 10.0. The molecule has 0 radical (unpaired) electrons. The summed E-state index contributed by atoms with van der Waals surface area (Å²) >= 11 is 0. The highest BCUT2D eigenvalue weighted by molar-refractivity contribution is 5.79. The average molecular weight is 416 g/mol. The maximum atomic E-state index is 5.56. The van der Waals surface area contributed by atoms with E-state index in [4.69, 9.17) is 23.9 Å². The van der Waals surface area contributed by atoms with E-state index in [0.717, 1.165) is 41.4 Å². The van der Waals surface area contributed by atoms with Gasteiger partial charge < -0.3 is 29.6 Å². The molecule has 2 N–H and O–H groups in total. The van der Waals surface area contributed by atoms with Crippen LogP contribution in [0.5, 0.6) is 23.0 Å². The molecule has 0 atom stereocenters. The lowest BCUT2D eigenvalue weighted by Gasteiger charge is -2.17. The molecular weight excluding hydrogens is 382 g/mol. The Morgan fingerprint density at radius 3 is 2.17 bits per heavy atom. The van der Waals surface area contributed by atoms with E-state index >= 15 is 0 Å². The van der Waals surface area contributed by atoms with Crippen molar-refractivity contribution >= 4 is 5.96 Å². The van der Waals surface area contributed by atoms with Crippen molar-refractivity contribution in [1.29, 1.82) is 0 Å². The molecule has 0 fully saturated rings. The topological polar surface area (TPSA) is 73.3 Å². The first kappa shape index (κ1) is 23.2. The number of methoxy groups -OCH3 is 4. The number of aryl methyl sites for hydroxylation is 1. The molecule has 0 aliphatic rings. The van der Waals surface area contributed by atoms with E-state index in [0.29, 0.717) is 30.3 Å². The SMILES string of the molecule is CCNC(=NCc1ccc(C)cc1OC)NCCc1ccc(OC)c(OC)c1OC. The fourth-order valence-corrected chi connectivity index (χ4v) is 3.16. The number of guanidine groups is 1. The molecule has 0 aliphatic heterocycles. The molecule has 0 bridgehead atoms. The molecule has 0 heterocycles. The first-order chi connectivity index (χ1) is 14.6. The van der Waals surface area contributed by atoms with Crippen LogP contribution in [0.25, 0.3) is 0 Å². The average Bonchev–Trinajstić information content (AvgIpc) is 2.77. The molecule has 2 aromatic carbocycles. The Hall–Kier alpha value is -3.09. The van der Waals surface area contributed by atoms with Gasteiger partial charge in [0, 0.05) is 24.2 Å². The number of ether oxygens (including phenoxy) is 4.